The Balaban J connectivity index is 1.64. The lowest BCUT2D eigenvalue weighted by Crippen LogP contribution is -2.34. The first-order valence-corrected chi connectivity index (χ1v) is 9.62. The van der Waals surface area contributed by atoms with Crippen molar-refractivity contribution in [3.63, 3.8) is 0 Å². The van der Waals surface area contributed by atoms with Gasteiger partial charge in [0, 0.05) is 31.3 Å². The van der Waals surface area contributed by atoms with Crippen LogP contribution in [-0.2, 0) is 13.6 Å². The third kappa shape index (κ3) is 4.82. The van der Waals surface area contributed by atoms with Crippen LogP contribution < -0.4 is 30.5 Å². The number of nitrogens with zero attached hydrogens (tertiary/aromatic N) is 3. The Morgan fingerprint density at radius 3 is 2.25 bits per heavy atom. The van der Waals surface area contributed by atoms with Gasteiger partial charge in [0.25, 0.3) is 0 Å². The highest BCUT2D eigenvalue weighted by Gasteiger charge is 2.15. The van der Waals surface area contributed by atoms with Crippen LogP contribution in [0.15, 0.2) is 41.2 Å². The molecule has 2 N–H and O–H groups in total. The number of rotatable bonds is 8. The molecule has 0 saturated heterocycles. The normalized spacial score (nSPS) is 10.5. The maximum Gasteiger partial charge on any atom is 0.345 e. The van der Waals surface area contributed by atoms with Crippen LogP contribution in [0.25, 0.3) is 11.4 Å². The Morgan fingerprint density at radius 1 is 1.06 bits per heavy atom. The zero-order valence-corrected chi connectivity index (χ0v) is 18.1. The molecule has 0 unspecified atom stereocenters. The van der Waals surface area contributed by atoms with Gasteiger partial charge in [0.2, 0.25) is 5.75 Å². The third-order valence-electron chi connectivity index (χ3n) is 4.68. The van der Waals surface area contributed by atoms with E-state index in [9.17, 15) is 14.0 Å². The summed E-state index contributed by atoms with van der Waals surface area (Å²) in [7, 11) is 6.02. The van der Waals surface area contributed by atoms with Gasteiger partial charge in [-0.25, -0.2) is 18.7 Å². The molecule has 1 aromatic heterocycles. The van der Waals surface area contributed by atoms with E-state index >= 15 is 0 Å². The van der Waals surface area contributed by atoms with Crippen LogP contribution in [0.5, 0.6) is 17.2 Å². The second kappa shape index (κ2) is 9.86. The molecule has 0 radical (unpaired) electrons. The lowest BCUT2D eigenvalue weighted by atomic mass is 10.2. The van der Waals surface area contributed by atoms with E-state index in [1.165, 1.54) is 42.7 Å². The molecular weight excluding hydrogens is 421 g/mol. The average Bonchev–Trinajstić information content (AvgIpc) is 3.07. The highest BCUT2D eigenvalue weighted by Crippen LogP contribution is 2.39. The van der Waals surface area contributed by atoms with Crippen LogP contribution in [0.2, 0.25) is 0 Å². The van der Waals surface area contributed by atoms with Gasteiger partial charge >= 0.3 is 11.7 Å². The predicted molar refractivity (Wildman–Crippen MR) is 116 cm³/mol. The maximum absolute atomic E-state index is 13.1. The van der Waals surface area contributed by atoms with Crippen molar-refractivity contribution >= 4 is 11.7 Å². The van der Waals surface area contributed by atoms with Gasteiger partial charge in [0.05, 0.1) is 33.6 Å². The zero-order valence-electron chi connectivity index (χ0n) is 18.1. The first-order valence-electron chi connectivity index (χ1n) is 9.62. The lowest BCUT2D eigenvalue weighted by Gasteiger charge is -2.14. The molecule has 10 nitrogen and oxygen atoms in total. The Bertz CT molecular complexity index is 1130. The van der Waals surface area contributed by atoms with Gasteiger partial charge in [-0.15, -0.1) is 5.10 Å². The molecular formula is C21H24FN5O5. The monoisotopic (exact) mass is 445 g/mol. The quantitative estimate of drug-likeness (QED) is 0.551. The highest BCUT2D eigenvalue weighted by molar-refractivity contribution is 5.90. The average molecular weight is 445 g/mol. The van der Waals surface area contributed by atoms with Gasteiger partial charge in [0.15, 0.2) is 17.3 Å². The number of anilines is 1. The smallest absolute Gasteiger partial charge is 0.345 e. The van der Waals surface area contributed by atoms with Crippen LogP contribution in [0.3, 0.4) is 0 Å². The maximum atomic E-state index is 13.1. The van der Waals surface area contributed by atoms with Crippen LogP contribution in [0, 0.1) is 5.82 Å². The molecule has 2 amide bonds. The molecule has 32 heavy (non-hydrogen) atoms. The van der Waals surface area contributed by atoms with Crippen LogP contribution in [-0.4, -0.2) is 48.3 Å². The van der Waals surface area contributed by atoms with E-state index in [2.05, 4.69) is 15.7 Å². The minimum absolute atomic E-state index is 0.149. The number of carbonyl (C=O) groups is 1. The molecule has 0 aliphatic rings. The van der Waals surface area contributed by atoms with Crippen LogP contribution >= 0.6 is 0 Å². The summed E-state index contributed by atoms with van der Waals surface area (Å²) in [5, 5.41) is 9.62. The fourth-order valence-electron chi connectivity index (χ4n) is 3.09. The zero-order chi connectivity index (χ0) is 23.3. The first-order chi connectivity index (χ1) is 15.4. The van der Waals surface area contributed by atoms with E-state index < -0.39 is 6.03 Å². The van der Waals surface area contributed by atoms with Crippen molar-refractivity contribution in [1.29, 1.82) is 0 Å². The Labute approximate surface area is 183 Å². The van der Waals surface area contributed by atoms with Crippen molar-refractivity contribution < 1.29 is 23.4 Å². The summed E-state index contributed by atoms with van der Waals surface area (Å²) in [5.41, 5.74) is 0.694. The van der Waals surface area contributed by atoms with E-state index in [4.69, 9.17) is 14.2 Å². The van der Waals surface area contributed by atoms with Gasteiger partial charge in [-0.05, 0) is 24.3 Å². The Morgan fingerprint density at radius 2 is 1.69 bits per heavy atom. The summed E-state index contributed by atoms with van der Waals surface area (Å²) < 4.78 is 31.5. The molecule has 0 spiro atoms. The second-order valence-electron chi connectivity index (χ2n) is 6.69. The number of hydrogen-bond donors (Lipinski definition) is 2. The number of hydrogen-bond acceptors (Lipinski definition) is 6. The SMILES string of the molecule is COc1cc(NC(=O)NCCn2nc(-c3ccc(F)cc3)n(C)c2=O)cc(OC)c1OC. The number of methoxy groups -OCH3 is 3. The summed E-state index contributed by atoms with van der Waals surface area (Å²) in [5.74, 6) is 1.23. The predicted octanol–water partition coefficient (Wildman–Crippen LogP) is 2.24. The molecule has 170 valence electrons. The van der Waals surface area contributed by atoms with Crippen molar-refractivity contribution in [3.8, 4) is 28.6 Å². The summed E-state index contributed by atoms with van der Waals surface area (Å²) >= 11 is 0. The summed E-state index contributed by atoms with van der Waals surface area (Å²) in [6.45, 7) is 0.298. The highest BCUT2D eigenvalue weighted by atomic mass is 19.1. The number of halogens is 1. The second-order valence-corrected chi connectivity index (χ2v) is 6.69. The molecule has 3 rings (SSSR count). The molecule has 3 aromatic rings. The van der Waals surface area contributed by atoms with Gasteiger partial charge in [0.1, 0.15) is 5.82 Å². The minimum Gasteiger partial charge on any atom is -0.493 e. The number of amides is 2. The first kappa shape index (κ1) is 22.7. The van der Waals surface area contributed by atoms with Crippen LogP contribution in [0.1, 0.15) is 0 Å². The topological polar surface area (TPSA) is 109 Å². The molecule has 2 aromatic carbocycles. The summed E-state index contributed by atoms with van der Waals surface area (Å²) in [6, 6.07) is 8.40. The van der Waals surface area contributed by atoms with E-state index in [-0.39, 0.29) is 24.6 Å². The molecule has 0 aliphatic carbocycles. The molecule has 0 fully saturated rings. The summed E-state index contributed by atoms with van der Waals surface area (Å²) in [4.78, 5) is 24.7. The van der Waals surface area contributed by atoms with Crippen molar-refractivity contribution in [1.82, 2.24) is 19.7 Å². The molecule has 1 heterocycles. The van der Waals surface area contributed by atoms with Gasteiger partial charge < -0.3 is 24.8 Å². The van der Waals surface area contributed by atoms with Crippen molar-refractivity contribution in [3.05, 3.63) is 52.7 Å². The van der Waals surface area contributed by atoms with E-state index in [1.807, 2.05) is 0 Å². The number of carbonyl (C=O) groups excluding carboxylic acids is 1. The molecule has 0 atom stereocenters. The van der Waals surface area contributed by atoms with Gasteiger partial charge in [-0.3, -0.25) is 4.57 Å². The summed E-state index contributed by atoms with van der Waals surface area (Å²) in [6.07, 6.45) is 0. The van der Waals surface area contributed by atoms with E-state index in [1.54, 1.807) is 31.3 Å². The van der Waals surface area contributed by atoms with Crippen LogP contribution in [0.4, 0.5) is 14.9 Å². The molecule has 0 aliphatic heterocycles. The minimum atomic E-state index is -0.484. The van der Waals surface area contributed by atoms with E-state index in [0.29, 0.717) is 34.3 Å². The van der Waals surface area contributed by atoms with Crippen molar-refractivity contribution in [2.75, 3.05) is 33.2 Å². The molecule has 0 saturated carbocycles. The standard InChI is InChI=1S/C21H24FN5O5/c1-26-19(13-5-7-14(22)8-6-13)25-27(21(26)29)10-9-23-20(28)24-15-11-16(30-2)18(32-4)17(12-15)31-3/h5-8,11-12H,9-10H2,1-4H3,(H2,23,24,28). The fourth-order valence-corrected chi connectivity index (χ4v) is 3.09. The Kier molecular flexibility index (Phi) is 6.98. The number of ether oxygens (including phenoxy) is 3. The van der Waals surface area contributed by atoms with E-state index in [0.717, 1.165) is 0 Å². The third-order valence-corrected chi connectivity index (χ3v) is 4.68. The number of nitrogens with one attached hydrogen (secondary N) is 2. The van der Waals surface area contributed by atoms with Crippen molar-refractivity contribution in [2.45, 2.75) is 6.54 Å². The van der Waals surface area contributed by atoms with Crippen molar-refractivity contribution in [2.24, 2.45) is 7.05 Å². The number of urea groups is 1. The largest absolute Gasteiger partial charge is 0.493 e. The molecule has 0 bridgehead atoms. The number of aromatic nitrogens is 3. The lowest BCUT2D eigenvalue weighted by molar-refractivity contribution is 0.251. The van der Waals surface area contributed by atoms with Gasteiger partial charge in [-0.2, -0.15) is 0 Å². The Hall–Kier alpha value is -4.02. The molecule has 11 heteroatoms. The fraction of sp³-hybridized carbons (Fsp3) is 0.286. The number of benzene rings is 2. The van der Waals surface area contributed by atoms with Gasteiger partial charge in [-0.1, -0.05) is 0 Å².